The van der Waals surface area contributed by atoms with Crippen LogP contribution in [0.15, 0.2) is 85.2 Å². The van der Waals surface area contributed by atoms with Crippen LogP contribution in [0.1, 0.15) is 39.4 Å². The quantitative estimate of drug-likeness (QED) is 0.390. The zero-order valence-corrected chi connectivity index (χ0v) is 19.0. The molecule has 0 radical (unpaired) electrons. The Kier molecular flexibility index (Phi) is 5.59. The number of hydrogen-bond acceptors (Lipinski definition) is 3. The Hall–Kier alpha value is -4.04. The SMILES string of the molecule is Cc1cc(N2C(=S)NC(c3ccccn3)C2c2cccn2-c2ccc(C(=O)O)cc2)ccc1F. The number of pyridine rings is 1. The van der Waals surface area contributed by atoms with Gasteiger partial charge in [0.1, 0.15) is 11.9 Å². The Morgan fingerprint density at radius 2 is 1.82 bits per heavy atom. The molecule has 3 heterocycles. The molecule has 8 heteroatoms. The van der Waals surface area contributed by atoms with E-state index in [-0.39, 0.29) is 23.5 Å². The van der Waals surface area contributed by atoms with Crippen molar-refractivity contribution in [2.45, 2.75) is 19.0 Å². The summed E-state index contributed by atoms with van der Waals surface area (Å²) < 4.78 is 16.1. The number of anilines is 1. The number of nitrogens with one attached hydrogen (secondary N) is 1. The Bertz CT molecular complexity index is 1370. The first-order valence-electron chi connectivity index (χ1n) is 10.7. The lowest BCUT2D eigenvalue weighted by atomic mass is 10.0. The Morgan fingerprint density at radius 1 is 1.06 bits per heavy atom. The predicted molar refractivity (Wildman–Crippen MR) is 132 cm³/mol. The van der Waals surface area contributed by atoms with Crippen molar-refractivity contribution in [2.75, 3.05) is 4.90 Å². The molecule has 0 bridgehead atoms. The number of carboxylic acid groups (broad SMARTS) is 1. The maximum atomic E-state index is 14.0. The standard InChI is InChI=1S/C26H21FN4O2S/c1-16-15-19(11-12-20(16)27)31-24(23(29-26(31)34)21-5-2-3-13-28-21)22-6-4-14-30(22)18-9-7-17(8-10-18)25(32)33/h2-15,23-24H,1H3,(H,29,34)(H,32,33). The molecular formula is C26H21FN4O2S. The predicted octanol–water partition coefficient (Wildman–Crippen LogP) is 5.20. The minimum Gasteiger partial charge on any atom is -0.478 e. The third-order valence-corrected chi connectivity index (χ3v) is 6.31. The molecule has 2 aromatic carbocycles. The van der Waals surface area contributed by atoms with Gasteiger partial charge < -0.3 is 19.9 Å². The van der Waals surface area contributed by atoms with E-state index in [1.165, 1.54) is 6.07 Å². The molecule has 5 rings (SSSR count). The number of hydrogen-bond donors (Lipinski definition) is 2. The number of carbonyl (C=O) groups is 1. The molecule has 0 spiro atoms. The molecule has 2 aromatic heterocycles. The van der Waals surface area contributed by atoms with E-state index in [4.69, 9.17) is 12.2 Å². The van der Waals surface area contributed by atoms with Crippen molar-refractivity contribution in [3.05, 3.63) is 114 Å². The average molecular weight is 473 g/mol. The second kappa shape index (κ2) is 8.72. The molecule has 1 fully saturated rings. The van der Waals surface area contributed by atoms with Gasteiger partial charge in [-0.05, 0) is 91.4 Å². The molecule has 6 nitrogen and oxygen atoms in total. The number of aromatic nitrogens is 2. The first kappa shape index (κ1) is 21.8. The minimum absolute atomic E-state index is 0.218. The van der Waals surface area contributed by atoms with Crippen LogP contribution in [0.5, 0.6) is 0 Å². The third-order valence-electron chi connectivity index (χ3n) is 5.99. The highest BCUT2D eigenvalue weighted by molar-refractivity contribution is 7.80. The molecule has 4 aromatic rings. The number of carboxylic acids is 1. The van der Waals surface area contributed by atoms with E-state index in [0.29, 0.717) is 10.7 Å². The van der Waals surface area contributed by atoms with E-state index in [0.717, 1.165) is 22.8 Å². The Morgan fingerprint density at radius 3 is 2.50 bits per heavy atom. The third kappa shape index (κ3) is 3.82. The van der Waals surface area contributed by atoms with Crippen LogP contribution in [-0.2, 0) is 0 Å². The molecule has 2 atom stereocenters. The second-order valence-corrected chi connectivity index (χ2v) is 8.47. The molecule has 1 aliphatic rings. The largest absolute Gasteiger partial charge is 0.478 e. The fraction of sp³-hybridized carbons (Fsp3) is 0.115. The van der Waals surface area contributed by atoms with Crippen LogP contribution in [-0.4, -0.2) is 25.7 Å². The van der Waals surface area contributed by atoms with Gasteiger partial charge in [0.05, 0.1) is 17.3 Å². The lowest BCUT2D eigenvalue weighted by Gasteiger charge is -2.29. The highest BCUT2D eigenvalue weighted by atomic mass is 32.1. The van der Waals surface area contributed by atoms with E-state index < -0.39 is 5.97 Å². The molecule has 34 heavy (non-hydrogen) atoms. The summed E-state index contributed by atoms with van der Waals surface area (Å²) in [6, 6.07) is 20.8. The summed E-state index contributed by atoms with van der Waals surface area (Å²) in [6.45, 7) is 1.73. The van der Waals surface area contributed by atoms with Gasteiger partial charge in [-0.15, -0.1) is 0 Å². The number of aryl methyl sites for hydroxylation is 1. The van der Waals surface area contributed by atoms with Gasteiger partial charge in [-0.1, -0.05) is 6.07 Å². The van der Waals surface area contributed by atoms with Crippen LogP contribution in [0.25, 0.3) is 5.69 Å². The minimum atomic E-state index is -0.974. The number of aromatic carboxylic acids is 1. The topological polar surface area (TPSA) is 70.4 Å². The van der Waals surface area contributed by atoms with Gasteiger partial charge in [0.2, 0.25) is 0 Å². The van der Waals surface area contributed by atoms with Gasteiger partial charge >= 0.3 is 5.97 Å². The molecule has 0 aliphatic carbocycles. The smallest absolute Gasteiger partial charge is 0.335 e. The van der Waals surface area contributed by atoms with Crippen LogP contribution in [0.4, 0.5) is 10.1 Å². The van der Waals surface area contributed by atoms with Crippen molar-refractivity contribution in [3.8, 4) is 5.69 Å². The molecule has 1 saturated heterocycles. The Labute approximate surface area is 201 Å². The summed E-state index contributed by atoms with van der Waals surface area (Å²) in [5.74, 6) is -1.25. The molecule has 2 N–H and O–H groups in total. The van der Waals surface area contributed by atoms with E-state index in [1.54, 1.807) is 49.5 Å². The molecule has 0 amide bonds. The zero-order valence-electron chi connectivity index (χ0n) is 18.2. The number of nitrogens with zero attached hydrogens (tertiary/aromatic N) is 3. The van der Waals surface area contributed by atoms with Crippen molar-refractivity contribution >= 4 is 29.0 Å². The van der Waals surface area contributed by atoms with Crippen LogP contribution in [0.2, 0.25) is 0 Å². The molecule has 0 saturated carbocycles. The zero-order chi connectivity index (χ0) is 23.8. The summed E-state index contributed by atoms with van der Waals surface area (Å²) in [6.07, 6.45) is 3.67. The highest BCUT2D eigenvalue weighted by Gasteiger charge is 2.42. The lowest BCUT2D eigenvalue weighted by molar-refractivity contribution is 0.0697. The van der Waals surface area contributed by atoms with Gasteiger partial charge in [0.15, 0.2) is 5.11 Å². The second-order valence-electron chi connectivity index (χ2n) is 8.09. The molecular weight excluding hydrogens is 451 g/mol. The van der Waals surface area contributed by atoms with E-state index in [1.807, 2.05) is 46.0 Å². The van der Waals surface area contributed by atoms with Crippen LogP contribution < -0.4 is 10.2 Å². The number of halogens is 1. The van der Waals surface area contributed by atoms with Gasteiger partial charge in [-0.25, -0.2) is 9.18 Å². The monoisotopic (exact) mass is 472 g/mol. The highest BCUT2D eigenvalue weighted by Crippen LogP contribution is 2.42. The van der Waals surface area contributed by atoms with Crippen LogP contribution in [0.3, 0.4) is 0 Å². The van der Waals surface area contributed by atoms with Gasteiger partial charge in [0.25, 0.3) is 0 Å². The summed E-state index contributed by atoms with van der Waals surface area (Å²) in [5, 5.41) is 13.2. The fourth-order valence-electron chi connectivity index (χ4n) is 4.35. The summed E-state index contributed by atoms with van der Waals surface area (Å²) >= 11 is 5.75. The average Bonchev–Trinajstić information content (AvgIpc) is 3.46. The van der Waals surface area contributed by atoms with E-state index in [2.05, 4.69) is 10.3 Å². The van der Waals surface area contributed by atoms with Crippen molar-refractivity contribution in [3.63, 3.8) is 0 Å². The number of benzene rings is 2. The molecule has 1 aliphatic heterocycles. The van der Waals surface area contributed by atoms with E-state index >= 15 is 0 Å². The summed E-state index contributed by atoms with van der Waals surface area (Å²) in [7, 11) is 0. The lowest BCUT2D eigenvalue weighted by Crippen LogP contribution is -2.30. The maximum Gasteiger partial charge on any atom is 0.335 e. The molecule has 2 unspecified atom stereocenters. The Balaban J connectivity index is 1.65. The van der Waals surface area contributed by atoms with Gasteiger partial charge in [0, 0.05) is 29.5 Å². The maximum absolute atomic E-state index is 14.0. The van der Waals surface area contributed by atoms with E-state index in [9.17, 15) is 14.3 Å². The van der Waals surface area contributed by atoms with Gasteiger partial charge in [-0.3, -0.25) is 4.98 Å². The van der Waals surface area contributed by atoms with Gasteiger partial charge in [-0.2, -0.15) is 0 Å². The summed E-state index contributed by atoms with van der Waals surface area (Å²) in [5.41, 5.74) is 4.08. The first-order valence-corrected chi connectivity index (χ1v) is 11.1. The molecule has 170 valence electrons. The fourth-order valence-corrected chi connectivity index (χ4v) is 4.69. The van der Waals surface area contributed by atoms with Crippen LogP contribution >= 0.6 is 12.2 Å². The van der Waals surface area contributed by atoms with Crippen LogP contribution in [0, 0.1) is 12.7 Å². The number of rotatable bonds is 5. The number of thiocarbonyl (C=S) groups is 1. The van der Waals surface area contributed by atoms with Crippen molar-refractivity contribution < 1.29 is 14.3 Å². The normalized spacial score (nSPS) is 17.6. The first-order chi connectivity index (χ1) is 16.4. The van der Waals surface area contributed by atoms with Crippen molar-refractivity contribution in [1.29, 1.82) is 0 Å². The summed E-state index contributed by atoms with van der Waals surface area (Å²) in [4.78, 5) is 17.8. The van der Waals surface area contributed by atoms with Crippen molar-refractivity contribution in [2.24, 2.45) is 0 Å². The van der Waals surface area contributed by atoms with Crippen molar-refractivity contribution in [1.82, 2.24) is 14.9 Å².